The summed E-state index contributed by atoms with van der Waals surface area (Å²) in [6.07, 6.45) is 0.369. The third-order valence-electron chi connectivity index (χ3n) is 2.46. The third kappa shape index (κ3) is 3.05. The Bertz CT molecular complexity index is 332. The van der Waals surface area contributed by atoms with Crippen LogP contribution in [-0.4, -0.2) is 23.8 Å². The molecule has 0 bridgehead atoms. The zero-order valence-corrected chi connectivity index (χ0v) is 9.26. The summed E-state index contributed by atoms with van der Waals surface area (Å²) in [5, 5.41) is 7.84. The van der Waals surface area contributed by atoms with E-state index in [2.05, 4.69) is 0 Å². The van der Waals surface area contributed by atoms with Gasteiger partial charge in [0.05, 0.1) is 0 Å². The zero-order valence-electron chi connectivity index (χ0n) is 9.26. The lowest BCUT2D eigenvalue weighted by Gasteiger charge is -2.21. The predicted octanol–water partition coefficient (Wildman–Crippen LogP) is 2.69. The molecule has 0 aliphatic heterocycles. The van der Waals surface area contributed by atoms with Gasteiger partial charge in [-0.1, -0.05) is 18.2 Å². The summed E-state index contributed by atoms with van der Waals surface area (Å²) in [6.45, 7) is 5.59. The first kappa shape index (κ1) is 11.7. The van der Waals surface area contributed by atoms with Crippen molar-refractivity contribution >= 4 is 5.84 Å². The van der Waals surface area contributed by atoms with E-state index < -0.39 is 0 Å². The van der Waals surface area contributed by atoms with Gasteiger partial charge in [0.2, 0.25) is 0 Å². The van der Waals surface area contributed by atoms with Crippen LogP contribution in [-0.2, 0) is 6.42 Å². The van der Waals surface area contributed by atoms with Gasteiger partial charge in [0, 0.05) is 19.5 Å². The number of amidine groups is 1. The first-order valence-electron chi connectivity index (χ1n) is 5.24. The standard InChI is InChI=1S/C12H17FN2/c1-3-15(4-2)12(14)9-10-7-5-6-8-11(10)13/h5-8,14H,3-4,9H2,1-2H3. The molecule has 0 saturated carbocycles. The van der Waals surface area contributed by atoms with Crippen molar-refractivity contribution in [1.82, 2.24) is 4.90 Å². The summed E-state index contributed by atoms with van der Waals surface area (Å²) in [5.41, 5.74) is 0.592. The lowest BCUT2D eigenvalue weighted by atomic mass is 10.1. The molecule has 0 heterocycles. The van der Waals surface area contributed by atoms with E-state index in [9.17, 15) is 4.39 Å². The van der Waals surface area contributed by atoms with E-state index in [4.69, 9.17) is 5.41 Å². The Morgan fingerprint density at radius 3 is 2.40 bits per heavy atom. The Kier molecular flexibility index (Phi) is 4.28. The maximum absolute atomic E-state index is 13.3. The number of nitrogens with zero attached hydrogens (tertiary/aromatic N) is 1. The van der Waals surface area contributed by atoms with Crippen molar-refractivity contribution in [3.63, 3.8) is 0 Å². The molecule has 3 heteroatoms. The fraction of sp³-hybridized carbons (Fsp3) is 0.417. The van der Waals surface area contributed by atoms with E-state index in [1.54, 1.807) is 18.2 Å². The highest BCUT2D eigenvalue weighted by Gasteiger charge is 2.08. The second kappa shape index (κ2) is 5.49. The molecule has 0 atom stereocenters. The van der Waals surface area contributed by atoms with Gasteiger partial charge in [0.25, 0.3) is 0 Å². The largest absolute Gasteiger partial charge is 0.361 e. The minimum atomic E-state index is -0.227. The van der Waals surface area contributed by atoms with E-state index in [-0.39, 0.29) is 5.82 Å². The van der Waals surface area contributed by atoms with Crippen LogP contribution in [0.25, 0.3) is 0 Å². The van der Waals surface area contributed by atoms with Crippen molar-refractivity contribution in [3.05, 3.63) is 35.6 Å². The maximum Gasteiger partial charge on any atom is 0.126 e. The highest BCUT2D eigenvalue weighted by molar-refractivity contribution is 5.81. The first-order valence-corrected chi connectivity index (χ1v) is 5.24. The second-order valence-corrected chi connectivity index (χ2v) is 3.39. The summed E-state index contributed by atoms with van der Waals surface area (Å²) in [6, 6.07) is 6.63. The lowest BCUT2D eigenvalue weighted by Crippen LogP contribution is -2.31. The van der Waals surface area contributed by atoms with Gasteiger partial charge in [-0.15, -0.1) is 0 Å². The Labute approximate surface area is 90.2 Å². The molecule has 0 aliphatic rings. The molecule has 1 aromatic rings. The smallest absolute Gasteiger partial charge is 0.126 e. The summed E-state index contributed by atoms with van der Waals surface area (Å²) >= 11 is 0. The molecule has 15 heavy (non-hydrogen) atoms. The van der Waals surface area contributed by atoms with Crippen molar-refractivity contribution in [2.45, 2.75) is 20.3 Å². The van der Waals surface area contributed by atoms with Crippen LogP contribution in [0.4, 0.5) is 4.39 Å². The van der Waals surface area contributed by atoms with Crippen LogP contribution in [0.3, 0.4) is 0 Å². The monoisotopic (exact) mass is 208 g/mol. The van der Waals surface area contributed by atoms with Gasteiger partial charge in [0.1, 0.15) is 11.7 Å². The molecule has 0 saturated heterocycles. The number of benzene rings is 1. The quantitative estimate of drug-likeness (QED) is 0.597. The van der Waals surface area contributed by atoms with Gasteiger partial charge >= 0.3 is 0 Å². The topological polar surface area (TPSA) is 27.1 Å². The lowest BCUT2D eigenvalue weighted by molar-refractivity contribution is 0.454. The van der Waals surface area contributed by atoms with Crippen molar-refractivity contribution in [1.29, 1.82) is 5.41 Å². The molecular formula is C12H17FN2. The van der Waals surface area contributed by atoms with Crippen LogP contribution in [0.2, 0.25) is 0 Å². The normalized spacial score (nSPS) is 10.1. The molecule has 0 radical (unpaired) electrons. The number of hydrogen-bond donors (Lipinski definition) is 1. The van der Waals surface area contributed by atoms with Gasteiger partial charge in [-0.2, -0.15) is 0 Å². The van der Waals surface area contributed by atoms with E-state index >= 15 is 0 Å². The highest BCUT2D eigenvalue weighted by atomic mass is 19.1. The highest BCUT2D eigenvalue weighted by Crippen LogP contribution is 2.08. The fourth-order valence-corrected chi connectivity index (χ4v) is 1.54. The molecule has 0 unspecified atom stereocenters. The van der Waals surface area contributed by atoms with Crippen molar-refractivity contribution < 1.29 is 4.39 Å². The molecule has 1 aromatic carbocycles. The minimum absolute atomic E-state index is 0.227. The van der Waals surface area contributed by atoms with Crippen molar-refractivity contribution in [3.8, 4) is 0 Å². The zero-order chi connectivity index (χ0) is 11.3. The summed E-state index contributed by atoms with van der Waals surface area (Å²) in [5.74, 6) is 0.250. The fourth-order valence-electron chi connectivity index (χ4n) is 1.54. The van der Waals surface area contributed by atoms with E-state index in [0.717, 1.165) is 13.1 Å². The summed E-state index contributed by atoms with van der Waals surface area (Å²) < 4.78 is 13.3. The van der Waals surface area contributed by atoms with E-state index in [1.165, 1.54) is 6.07 Å². The van der Waals surface area contributed by atoms with Crippen molar-refractivity contribution in [2.75, 3.05) is 13.1 Å². The number of hydrogen-bond acceptors (Lipinski definition) is 1. The predicted molar refractivity (Wildman–Crippen MR) is 60.8 cm³/mol. The Balaban J connectivity index is 2.70. The number of halogens is 1. The van der Waals surface area contributed by atoms with Crippen LogP contribution in [0.15, 0.2) is 24.3 Å². The Morgan fingerprint density at radius 2 is 1.87 bits per heavy atom. The molecule has 0 fully saturated rings. The van der Waals surface area contributed by atoms with Crippen LogP contribution in [0, 0.1) is 11.2 Å². The maximum atomic E-state index is 13.3. The summed E-state index contributed by atoms with van der Waals surface area (Å²) in [7, 11) is 0. The van der Waals surface area contributed by atoms with Gasteiger partial charge in [0.15, 0.2) is 0 Å². The van der Waals surface area contributed by atoms with Crippen LogP contribution >= 0.6 is 0 Å². The van der Waals surface area contributed by atoms with Crippen molar-refractivity contribution in [2.24, 2.45) is 0 Å². The van der Waals surface area contributed by atoms with Crippen LogP contribution < -0.4 is 0 Å². The SMILES string of the molecule is CCN(CC)C(=N)Cc1ccccc1F. The third-order valence-corrected chi connectivity index (χ3v) is 2.46. The molecule has 0 aromatic heterocycles. The average molecular weight is 208 g/mol. The molecule has 2 nitrogen and oxygen atoms in total. The second-order valence-electron chi connectivity index (χ2n) is 3.39. The van der Waals surface area contributed by atoms with Crippen LogP contribution in [0.1, 0.15) is 19.4 Å². The Hall–Kier alpha value is -1.38. The number of nitrogens with one attached hydrogen (secondary N) is 1. The molecular weight excluding hydrogens is 191 g/mol. The average Bonchev–Trinajstić information content (AvgIpc) is 2.23. The molecule has 82 valence electrons. The van der Waals surface area contributed by atoms with E-state index in [0.29, 0.717) is 17.8 Å². The van der Waals surface area contributed by atoms with Gasteiger partial charge in [-0.05, 0) is 25.5 Å². The molecule has 0 spiro atoms. The molecule has 0 amide bonds. The first-order chi connectivity index (χ1) is 7.19. The van der Waals surface area contributed by atoms with Crippen LogP contribution in [0.5, 0.6) is 0 Å². The Morgan fingerprint density at radius 1 is 1.27 bits per heavy atom. The minimum Gasteiger partial charge on any atom is -0.361 e. The number of rotatable bonds is 4. The molecule has 1 N–H and O–H groups in total. The van der Waals surface area contributed by atoms with Gasteiger partial charge in [-0.3, -0.25) is 5.41 Å². The number of likely N-dealkylation sites (N-methyl/N-ethyl adjacent to an activating group) is 1. The van der Waals surface area contributed by atoms with E-state index in [1.807, 2.05) is 18.7 Å². The van der Waals surface area contributed by atoms with Gasteiger partial charge in [-0.25, -0.2) is 4.39 Å². The molecule has 0 aliphatic carbocycles. The summed E-state index contributed by atoms with van der Waals surface area (Å²) in [4.78, 5) is 1.92. The molecule has 1 rings (SSSR count). The van der Waals surface area contributed by atoms with Gasteiger partial charge < -0.3 is 4.90 Å².